The van der Waals surface area contributed by atoms with Crippen LogP contribution in [0.3, 0.4) is 0 Å². The molecule has 0 aliphatic carbocycles. The van der Waals surface area contributed by atoms with Crippen LogP contribution in [0.1, 0.15) is 36.0 Å². The third-order valence-electron chi connectivity index (χ3n) is 3.88. The zero-order valence-corrected chi connectivity index (χ0v) is 12.5. The van der Waals surface area contributed by atoms with Gasteiger partial charge < -0.3 is 10.2 Å². The van der Waals surface area contributed by atoms with E-state index in [9.17, 15) is 4.79 Å². The minimum Gasteiger partial charge on any atom is -0.357 e. The molecule has 1 aliphatic rings. The second kappa shape index (κ2) is 7.02. The Balaban J connectivity index is 1.65. The highest BCUT2D eigenvalue weighted by molar-refractivity contribution is 6.04. The van der Waals surface area contributed by atoms with Crippen molar-refractivity contribution < 1.29 is 4.79 Å². The second-order valence-corrected chi connectivity index (χ2v) is 5.50. The van der Waals surface area contributed by atoms with Crippen LogP contribution in [0.2, 0.25) is 0 Å². The van der Waals surface area contributed by atoms with Crippen molar-refractivity contribution in [2.45, 2.75) is 25.7 Å². The number of anilines is 2. The molecule has 0 saturated carbocycles. The molecule has 2 aromatic heterocycles. The fourth-order valence-corrected chi connectivity index (χ4v) is 2.65. The number of nitrogens with one attached hydrogen (secondary N) is 1. The third kappa shape index (κ3) is 3.61. The number of carbonyl (C=O) groups is 1. The zero-order valence-electron chi connectivity index (χ0n) is 12.5. The van der Waals surface area contributed by atoms with Crippen LogP contribution in [0, 0.1) is 0 Å². The van der Waals surface area contributed by atoms with Gasteiger partial charge in [-0.3, -0.25) is 9.78 Å². The second-order valence-electron chi connectivity index (χ2n) is 5.50. The van der Waals surface area contributed by atoms with Gasteiger partial charge in [0.05, 0.1) is 11.9 Å². The Kier molecular flexibility index (Phi) is 4.63. The summed E-state index contributed by atoms with van der Waals surface area (Å²) in [5.41, 5.74) is 1.30. The molecule has 0 bridgehead atoms. The normalized spacial score (nSPS) is 15.2. The Morgan fingerprint density at radius 3 is 2.36 bits per heavy atom. The molecule has 3 rings (SSSR count). The topological polar surface area (TPSA) is 58.1 Å². The van der Waals surface area contributed by atoms with Gasteiger partial charge in [0.2, 0.25) is 0 Å². The van der Waals surface area contributed by atoms with E-state index in [1.54, 1.807) is 30.7 Å². The van der Waals surface area contributed by atoms with Crippen molar-refractivity contribution in [1.82, 2.24) is 9.97 Å². The largest absolute Gasteiger partial charge is 0.357 e. The molecule has 1 amide bonds. The van der Waals surface area contributed by atoms with Crippen LogP contribution in [-0.4, -0.2) is 29.0 Å². The van der Waals surface area contributed by atoms with E-state index < -0.39 is 0 Å². The van der Waals surface area contributed by atoms with Gasteiger partial charge in [-0.1, -0.05) is 12.8 Å². The first-order valence-corrected chi connectivity index (χ1v) is 7.75. The lowest BCUT2D eigenvalue weighted by Crippen LogP contribution is -2.24. The van der Waals surface area contributed by atoms with Crippen molar-refractivity contribution in [2.75, 3.05) is 23.3 Å². The van der Waals surface area contributed by atoms with Gasteiger partial charge in [0.1, 0.15) is 5.82 Å². The molecule has 2 aromatic rings. The van der Waals surface area contributed by atoms with Crippen LogP contribution < -0.4 is 10.2 Å². The summed E-state index contributed by atoms with van der Waals surface area (Å²) in [6.45, 7) is 2.13. The maximum atomic E-state index is 12.1. The molecular weight excluding hydrogens is 276 g/mol. The summed E-state index contributed by atoms with van der Waals surface area (Å²) in [7, 11) is 0. The highest BCUT2D eigenvalue weighted by Gasteiger charge is 2.11. The first kappa shape index (κ1) is 14.5. The Morgan fingerprint density at radius 2 is 1.73 bits per heavy atom. The summed E-state index contributed by atoms with van der Waals surface area (Å²) in [4.78, 5) is 22.8. The average Bonchev–Trinajstić information content (AvgIpc) is 2.86. The van der Waals surface area contributed by atoms with Gasteiger partial charge in [-0.2, -0.15) is 0 Å². The lowest BCUT2D eigenvalue weighted by atomic mass is 10.2. The van der Waals surface area contributed by atoms with Crippen LogP contribution >= 0.6 is 0 Å². The summed E-state index contributed by atoms with van der Waals surface area (Å²) in [5, 5.41) is 2.85. The van der Waals surface area contributed by atoms with Crippen molar-refractivity contribution in [2.24, 2.45) is 0 Å². The van der Waals surface area contributed by atoms with Crippen molar-refractivity contribution in [1.29, 1.82) is 0 Å². The quantitative estimate of drug-likeness (QED) is 0.945. The monoisotopic (exact) mass is 296 g/mol. The molecule has 5 heteroatoms. The maximum Gasteiger partial charge on any atom is 0.255 e. The van der Waals surface area contributed by atoms with Crippen LogP contribution in [0.25, 0.3) is 0 Å². The van der Waals surface area contributed by atoms with Gasteiger partial charge in [0.15, 0.2) is 0 Å². The highest BCUT2D eigenvalue weighted by Crippen LogP contribution is 2.19. The summed E-state index contributed by atoms with van der Waals surface area (Å²) >= 11 is 0. The Hall–Kier alpha value is -2.43. The fourth-order valence-electron chi connectivity index (χ4n) is 2.65. The minimum absolute atomic E-state index is 0.147. The van der Waals surface area contributed by atoms with Crippen LogP contribution in [0.5, 0.6) is 0 Å². The molecule has 0 unspecified atom stereocenters. The SMILES string of the molecule is O=C(Nc1ccc(N2CCCCCC2)nc1)c1ccncc1. The molecule has 22 heavy (non-hydrogen) atoms. The zero-order chi connectivity index (χ0) is 15.2. The molecule has 1 saturated heterocycles. The lowest BCUT2D eigenvalue weighted by molar-refractivity contribution is 0.102. The molecule has 1 N–H and O–H groups in total. The van der Waals surface area contributed by atoms with E-state index in [4.69, 9.17) is 0 Å². The van der Waals surface area contributed by atoms with Gasteiger partial charge in [-0.15, -0.1) is 0 Å². The van der Waals surface area contributed by atoms with E-state index in [1.165, 1.54) is 25.7 Å². The number of aromatic nitrogens is 2. The van der Waals surface area contributed by atoms with E-state index in [-0.39, 0.29) is 5.91 Å². The van der Waals surface area contributed by atoms with Crippen LogP contribution in [0.15, 0.2) is 42.9 Å². The van der Waals surface area contributed by atoms with Crippen molar-refractivity contribution in [3.63, 3.8) is 0 Å². The van der Waals surface area contributed by atoms with Gasteiger partial charge in [-0.05, 0) is 37.1 Å². The van der Waals surface area contributed by atoms with Gasteiger partial charge >= 0.3 is 0 Å². The standard InChI is InChI=1S/C17H20N4O/c22-17(14-7-9-18-10-8-14)20-15-5-6-16(19-13-15)21-11-3-1-2-4-12-21/h5-10,13H,1-4,11-12H2,(H,20,22). The molecular formula is C17H20N4O. The van der Waals surface area contributed by atoms with E-state index in [0.717, 1.165) is 18.9 Å². The van der Waals surface area contributed by atoms with Gasteiger partial charge in [-0.25, -0.2) is 4.98 Å². The Bertz CT molecular complexity index is 604. The molecule has 0 radical (unpaired) electrons. The lowest BCUT2D eigenvalue weighted by Gasteiger charge is -2.21. The molecule has 0 aromatic carbocycles. The summed E-state index contributed by atoms with van der Waals surface area (Å²) in [6, 6.07) is 7.27. The van der Waals surface area contributed by atoms with Crippen molar-refractivity contribution >= 4 is 17.4 Å². The highest BCUT2D eigenvalue weighted by atomic mass is 16.1. The van der Waals surface area contributed by atoms with E-state index in [2.05, 4.69) is 20.2 Å². The number of hydrogen-bond donors (Lipinski definition) is 1. The van der Waals surface area contributed by atoms with Crippen molar-refractivity contribution in [3.05, 3.63) is 48.4 Å². The fraction of sp³-hybridized carbons (Fsp3) is 0.353. The van der Waals surface area contributed by atoms with E-state index in [1.807, 2.05) is 12.1 Å². The molecule has 0 spiro atoms. The van der Waals surface area contributed by atoms with Crippen molar-refractivity contribution in [3.8, 4) is 0 Å². The smallest absolute Gasteiger partial charge is 0.255 e. The van der Waals surface area contributed by atoms with Gasteiger partial charge in [0.25, 0.3) is 5.91 Å². The predicted octanol–water partition coefficient (Wildman–Crippen LogP) is 3.11. The van der Waals surface area contributed by atoms with Crippen LogP contribution in [-0.2, 0) is 0 Å². The van der Waals surface area contributed by atoms with Gasteiger partial charge in [0, 0.05) is 31.0 Å². The number of carbonyl (C=O) groups excluding carboxylic acids is 1. The summed E-state index contributed by atoms with van der Waals surface area (Å²) in [5.74, 6) is 0.843. The predicted molar refractivity (Wildman–Crippen MR) is 87.1 cm³/mol. The molecule has 114 valence electrons. The molecule has 3 heterocycles. The first-order chi connectivity index (χ1) is 10.8. The number of pyridine rings is 2. The molecule has 0 atom stereocenters. The van der Waals surface area contributed by atoms with E-state index in [0.29, 0.717) is 11.3 Å². The number of hydrogen-bond acceptors (Lipinski definition) is 4. The number of amides is 1. The Morgan fingerprint density at radius 1 is 1.00 bits per heavy atom. The van der Waals surface area contributed by atoms with E-state index >= 15 is 0 Å². The maximum absolute atomic E-state index is 12.1. The Labute approximate surface area is 130 Å². The summed E-state index contributed by atoms with van der Waals surface area (Å²) in [6.07, 6.45) is 9.99. The third-order valence-corrected chi connectivity index (χ3v) is 3.88. The first-order valence-electron chi connectivity index (χ1n) is 7.75. The molecule has 5 nitrogen and oxygen atoms in total. The molecule has 1 fully saturated rings. The van der Waals surface area contributed by atoms with Crippen LogP contribution in [0.4, 0.5) is 11.5 Å². The molecule has 1 aliphatic heterocycles. The number of nitrogens with zero attached hydrogens (tertiary/aromatic N) is 3. The number of rotatable bonds is 3. The summed E-state index contributed by atoms with van der Waals surface area (Å²) < 4.78 is 0. The average molecular weight is 296 g/mol. The minimum atomic E-state index is -0.147.